The van der Waals surface area contributed by atoms with Gasteiger partial charge in [-0.3, -0.25) is 4.79 Å². The second-order valence-electron chi connectivity index (χ2n) is 4.28. The van der Waals surface area contributed by atoms with E-state index in [9.17, 15) is 9.90 Å². The Hall–Kier alpha value is -1.39. The summed E-state index contributed by atoms with van der Waals surface area (Å²) in [4.78, 5) is 13.7. The first-order valence-electron chi connectivity index (χ1n) is 5.99. The van der Waals surface area contributed by atoms with E-state index < -0.39 is 6.10 Å². The van der Waals surface area contributed by atoms with Gasteiger partial charge in [-0.2, -0.15) is 0 Å². The molecule has 0 aromatic heterocycles. The third-order valence-electron chi connectivity index (χ3n) is 2.99. The summed E-state index contributed by atoms with van der Waals surface area (Å²) in [5, 5.41) is 13.1. The van der Waals surface area contributed by atoms with Crippen molar-refractivity contribution in [2.24, 2.45) is 0 Å². The predicted octanol–water partition coefficient (Wildman–Crippen LogP) is 0.0218. The van der Waals surface area contributed by atoms with Gasteiger partial charge in [0.25, 0.3) is 5.91 Å². The van der Waals surface area contributed by atoms with Gasteiger partial charge < -0.3 is 15.3 Å². The molecule has 2 N–H and O–H groups in total. The van der Waals surface area contributed by atoms with Crippen molar-refractivity contribution in [2.75, 3.05) is 26.2 Å². The van der Waals surface area contributed by atoms with Crippen LogP contribution in [0.4, 0.5) is 0 Å². The van der Waals surface area contributed by atoms with Gasteiger partial charge in [-0.25, -0.2) is 0 Å². The van der Waals surface area contributed by atoms with Crippen molar-refractivity contribution < 1.29 is 9.90 Å². The van der Waals surface area contributed by atoms with Crippen molar-refractivity contribution in [2.45, 2.75) is 12.5 Å². The molecule has 0 unspecified atom stereocenters. The summed E-state index contributed by atoms with van der Waals surface area (Å²) in [5.41, 5.74) is 0.989. The molecular weight excluding hydrogens is 216 g/mol. The largest absolute Gasteiger partial charge is 0.383 e. The monoisotopic (exact) mass is 234 g/mol. The number of nitrogens with zero attached hydrogens (tertiary/aromatic N) is 1. The minimum absolute atomic E-state index is 0.157. The fourth-order valence-electron chi connectivity index (χ4n) is 2.02. The van der Waals surface area contributed by atoms with Crippen molar-refractivity contribution in [1.29, 1.82) is 0 Å². The molecule has 1 atom stereocenters. The van der Waals surface area contributed by atoms with Crippen molar-refractivity contribution in [1.82, 2.24) is 10.2 Å². The smallest absolute Gasteiger partial charge is 0.251 e. The predicted molar refractivity (Wildman–Crippen MR) is 65.6 cm³/mol. The Labute approximate surface area is 101 Å². The standard InChI is InChI=1S/C13H18N2O2/c16-12(10-11-4-2-1-3-5-11)13(17)15-8-6-14-7-9-15/h1-5,12,14,16H,6-10H2/t12-/m1/s1. The van der Waals surface area contributed by atoms with E-state index in [2.05, 4.69) is 5.32 Å². The second-order valence-corrected chi connectivity index (χ2v) is 4.28. The van der Waals surface area contributed by atoms with Crippen molar-refractivity contribution >= 4 is 5.91 Å². The first-order valence-corrected chi connectivity index (χ1v) is 5.99. The Morgan fingerprint density at radius 2 is 1.94 bits per heavy atom. The molecule has 1 amide bonds. The topological polar surface area (TPSA) is 52.6 Å². The van der Waals surface area contributed by atoms with Crippen LogP contribution in [-0.4, -0.2) is 48.2 Å². The molecule has 1 aromatic carbocycles. The molecule has 0 spiro atoms. The summed E-state index contributed by atoms with van der Waals surface area (Å²) < 4.78 is 0. The number of hydrogen-bond acceptors (Lipinski definition) is 3. The van der Waals surface area contributed by atoms with Gasteiger partial charge >= 0.3 is 0 Å². The van der Waals surface area contributed by atoms with E-state index in [0.29, 0.717) is 19.5 Å². The lowest BCUT2D eigenvalue weighted by Crippen LogP contribution is -2.50. The molecule has 92 valence electrons. The van der Waals surface area contributed by atoms with Gasteiger partial charge in [0.1, 0.15) is 6.10 Å². The fourth-order valence-corrected chi connectivity index (χ4v) is 2.02. The van der Waals surface area contributed by atoms with Gasteiger partial charge in [0, 0.05) is 32.6 Å². The Kier molecular flexibility index (Phi) is 4.12. The fraction of sp³-hybridized carbons (Fsp3) is 0.462. The molecule has 0 saturated carbocycles. The van der Waals surface area contributed by atoms with Crippen LogP contribution in [-0.2, 0) is 11.2 Å². The molecule has 2 rings (SSSR count). The maximum Gasteiger partial charge on any atom is 0.251 e. The third-order valence-corrected chi connectivity index (χ3v) is 2.99. The summed E-state index contributed by atoms with van der Waals surface area (Å²) in [6.07, 6.45) is -0.528. The number of benzene rings is 1. The summed E-state index contributed by atoms with van der Waals surface area (Å²) >= 11 is 0. The SMILES string of the molecule is O=C([C@H](O)Cc1ccccc1)N1CCNCC1. The minimum Gasteiger partial charge on any atom is -0.383 e. The number of hydrogen-bond donors (Lipinski definition) is 2. The van der Waals surface area contributed by atoms with Crippen LogP contribution in [0.3, 0.4) is 0 Å². The Balaban J connectivity index is 1.90. The quantitative estimate of drug-likeness (QED) is 0.775. The molecule has 0 radical (unpaired) electrons. The van der Waals surface area contributed by atoms with Gasteiger partial charge in [0.15, 0.2) is 0 Å². The Bertz CT molecular complexity index is 361. The van der Waals surface area contributed by atoms with E-state index in [4.69, 9.17) is 0 Å². The lowest BCUT2D eigenvalue weighted by molar-refractivity contribution is -0.140. The minimum atomic E-state index is -0.921. The van der Waals surface area contributed by atoms with Crippen LogP contribution in [0.25, 0.3) is 0 Å². The highest BCUT2D eigenvalue weighted by Crippen LogP contribution is 2.06. The maximum atomic E-state index is 12.0. The molecule has 4 heteroatoms. The molecule has 1 fully saturated rings. The molecule has 1 aliphatic rings. The van der Waals surface area contributed by atoms with Gasteiger partial charge in [0.05, 0.1) is 0 Å². The van der Waals surface area contributed by atoms with Crippen LogP contribution in [0.1, 0.15) is 5.56 Å². The zero-order chi connectivity index (χ0) is 12.1. The van der Waals surface area contributed by atoms with E-state index in [1.807, 2.05) is 30.3 Å². The number of carbonyl (C=O) groups is 1. The molecule has 1 aromatic rings. The van der Waals surface area contributed by atoms with Crippen LogP contribution >= 0.6 is 0 Å². The zero-order valence-corrected chi connectivity index (χ0v) is 9.80. The number of piperazine rings is 1. The first kappa shape index (κ1) is 12.1. The zero-order valence-electron chi connectivity index (χ0n) is 9.80. The average molecular weight is 234 g/mol. The molecular formula is C13H18N2O2. The van der Waals surface area contributed by atoms with Crippen LogP contribution in [0.15, 0.2) is 30.3 Å². The second kappa shape index (κ2) is 5.80. The Morgan fingerprint density at radius 3 is 2.59 bits per heavy atom. The van der Waals surface area contributed by atoms with Crippen LogP contribution in [0.2, 0.25) is 0 Å². The van der Waals surface area contributed by atoms with Crippen LogP contribution in [0, 0.1) is 0 Å². The van der Waals surface area contributed by atoms with Gasteiger partial charge in [0.2, 0.25) is 0 Å². The summed E-state index contributed by atoms with van der Waals surface area (Å²) in [6.45, 7) is 2.99. The number of aliphatic hydroxyl groups is 1. The van der Waals surface area contributed by atoms with E-state index in [1.165, 1.54) is 0 Å². The number of amides is 1. The highest BCUT2D eigenvalue weighted by atomic mass is 16.3. The summed E-state index contributed by atoms with van der Waals surface area (Å²) in [5.74, 6) is -0.157. The maximum absolute atomic E-state index is 12.0. The van der Waals surface area contributed by atoms with Crippen molar-refractivity contribution in [3.05, 3.63) is 35.9 Å². The number of aliphatic hydroxyl groups excluding tert-OH is 1. The third kappa shape index (κ3) is 3.28. The van der Waals surface area contributed by atoms with Gasteiger partial charge in [-0.1, -0.05) is 30.3 Å². The number of rotatable bonds is 3. The summed E-state index contributed by atoms with van der Waals surface area (Å²) in [7, 11) is 0. The van der Waals surface area contributed by atoms with E-state index in [0.717, 1.165) is 18.7 Å². The van der Waals surface area contributed by atoms with Crippen LogP contribution < -0.4 is 5.32 Å². The van der Waals surface area contributed by atoms with E-state index in [-0.39, 0.29) is 5.91 Å². The van der Waals surface area contributed by atoms with E-state index in [1.54, 1.807) is 4.90 Å². The number of carbonyl (C=O) groups excluding carboxylic acids is 1. The highest BCUT2D eigenvalue weighted by Gasteiger charge is 2.23. The average Bonchev–Trinajstić information content (AvgIpc) is 2.40. The Morgan fingerprint density at radius 1 is 1.29 bits per heavy atom. The molecule has 0 bridgehead atoms. The number of nitrogens with one attached hydrogen (secondary N) is 1. The normalized spacial score (nSPS) is 17.8. The lowest BCUT2D eigenvalue weighted by Gasteiger charge is -2.29. The highest BCUT2D eigenvalue weighted by molar-refractivity contribution is 5.81. The molecule has 17 heavy (non-hydrogen) atoms. The molecule has 1 aliphatic heterocycles. The molecule has 1 heterocycles. The molecule has 1 saturated heterocycles. The van der Waals surface area contributed by atoms with E-state index >= 15 is 0 Å². The first-order chi connectivity index (χ1) is 8.27. The summed E-state index contributed by atoms with van der Waals surface area (Å²) in [6, 6.07) is 9.60. The molecule has 0 aliphatic carbocycles. The lowest BCUT2D eigenvalue weighted by atomic mass is 10.1. The van der Waals surface area contributed by atoms with Gasteiger partial charge in [-0.15, -0.1) is 0 Å². The van der Waals surface area contributed by atoms with Crippen molar-refractivity contribution in [3.8, 4) is 0 Å². The van der Waals surface area contributed by atoms with Crippen LogP contribution in [0.5, 0.6) is 0 Å². The molecule has 4 nitrogen and oxygen atoms in total. The van der Waals surface area contributed by atoms with Crippen molar-refractivity contribution in [3.63, 3.8) is 0 Å². The van der Waals surface area contributed by atoms with Gasteiger partial charge in [-0.05, 0) is 5.56 Å².